The first-order valence-corrected chi connectivity index (χ1v) is 12.6. The summed E-state index contributed by atoms with van der Waals surface area (Å²) in [7, 11) is 1.47. The topological polar surface area (TPSA) is 89.4 Å². The zero-order chi connectivity index (χ0) is 24.4. The molecule has 0 saturated carbocycles. The van der Waals surface area contributed by atoms with Gasteiger partial charge < -0.3 is 15.4 Å². The SMILES string of the molecule is COc1c(C(=O)NCC2CCCCN2)sc2c1c(=O)n(CC(=O)c1ccccc1)c1ccccc21.Cl. The van der Waals surface area contributed by atoms with Gasteiger partial charge in [0, 0.05) is 23.5 Å². The van der Waals surface area contributed by atoms with Gasteiger partial charge in [0.15, 0.2) is 11.5 Å². The number of benzene rings is 2. The second-order valence-corrected chi connectivity index (χ2v) is 9.74. The number of thiophene rings is 1. The highest BCUT2D eigenvalue weighted by molar-refractivity contribution is 7.22. The number of Topliss-reactive ketones (excluding diaryl/α,β-unsaturated/α-hetero) is 1. The maximum atomic E-state index is 13.7. The third-order valence-electron chi connectivity index (χ3n) is 6.49. The highest BCUT2D eigenvalue weighted by Crippen LogP contribution is 2.39. The van der Waals surface area contributed by atoms with Crippen LogP contribution in [0.4, 0.5) is 0 Å². The molecular weight excluding hydrogens is 498 g/mol. The third-order valence-corrected chi connectivity index (χ3v) is 7.70. The Balaban J connectivity index is 0.00000304. The number of nitrogens with one attached hydrogen (secondary N) is 2. The minimum atomic E-state index is -0.343. The first-order chi connectivity index (χ1) is 17.1. The second kappa shape index (κ2) is 11.2. The van der Waals surface area contributed by atoms with Crippen molar-refractivity contribution in [2.45, 2.75) is 31.8 Å². The summed E-state index contributed by atoms with van der Waals surface area (Å²) in [4.78, 5) is 40.2. The summed E-state index contributed by atoms with van der Waals surface area (Å²) in [6, 6.07) is 16.6. The predicted octanol–water partition coefficient (Wildman–Crippen LogP) is 4.40. The van der Waals surface area contributed by atoms with Gasteiger partial charge >= 0.3 is 0 Å². The van der Waals surface area contributed by atoms with Crippen molar-refractivity contribution in [3.63, 3.8) is 0 Å². The van der Waals surface area contributed by atoms with Crippen LogP contribution in [-0.2, 0) is 6.54 Å². The largest absolute Gasteiger partial charge is 0.494 e. The molecule has 1 saturated heterocycles. The van der Waals surface area contributed by atoms with Crippen LogP contribution in [0.5, 0.6) is 5.75 Å². The Hall–Kier alpha value is -3.20. The number of carbonyl (C=O) groups is 2. The lowest BCUT2D eigenvalue weighted by Gasteiger charge is -2.23. The molecule has 188 valence electrons. The average molecular weight is 526 g/mol. The van der Waals surface area contributed by atoms with Crippen LogP contribution in [0.2, 0.25) is 0 Å². The van der Waals surface area contributed by atoms with Crippen molar-refractivity contribution < 1.29 is 14.3 Å². The molecule has 1 atom stereocenters. The van der Waals surface area contributed by atoms with Gasteiger partial charge in [-0.2, -0.15) is 0 Å². The highest BCUT2D eigenvalue weighted by Gasteiger charge is 2.26. The first-order valence-electron chi connectivity index (χ1n) is 11.8. The zero-order valence-corrected chi connectivity index (χ0v) is 21.5. The number of methoxy groups -OCH3 is 1. The number of ether oxygens (including phenoxy) is 1. The lowest BCUT2D eigenvalue weighted by atomic mass is 10.1. The normalized spacial score (nSPS) is 15.4. The van der Waals surface area contributed by atoms with Crippen LogP contribution in [0, 0.1) is 0 Å². The van der Waals surface area contributed by atoms with Gasteiger partial charge in [0.25, 0.3) is 11.5 Å². The number of aromatic nitrogens is 1. The van der Waals surface area contributed by atoms with E-state index in [9.17, 15) is 14.4 Å². The van der Waals surface area contributed by atoms with E-state index >= 15 is 0 Å². The fourth-order valence-corrected chi connectivity index (χ4v) is 5.91. The molecule has 3 heterocycles. The van der Waals surface area contributed by atoms with Crippen molar-refractivity contribution in [1.82, 2.24) is 15.2 Å². The number of rotatable bonds is 7. The molecule has 7 nitrogen and oxygen atoms in total. The van der Waals surface area contributed by atoms with Crippen LogP contribution in [0.25, 0.3) is 21.0 Å². The van der Waals surface area contributed by atoms with E-state index in [1.165, 1.54) is 23.0 Å². The molecule has 9 heteroatoms. The van der Waals surface area contributed by atoms with E-state index in [1.54, 1.807) is 24.3 Å². The van der Waals surface area contributed by atoms with Gasteiger partial charge in [0.1, 0.15) is 10.3 Å². The predicted molar refractivity (Wildman–Crippen MR) is 146 cm³/mol. The van der Waals surface area contributed by atoms with E-state index < -0.39 is 0 Å². The minimum absolute atomic E-state index is 0. The fraction of sp³-hybridized carbons (Fsp3) is 0.296. The maximum Gasteiger partial charge on any atom is 0.265 e. The van der Waals surface area contributed by atoms with Crippen molar-refractivity contribution >= 4 is 56.4 Å². The van der Waals surface area contributed by atoms with Crippen molar-refractivity contribution in [3.05, 3.63) is 75.4 Å². The Labute approximate surface area is 218 Å². The average Bonchev–Trinajstić information content (AvgIpc) is 3.31. The number of piperidine rings is 1. The minimum Gasteiger partial charge on any atom is -0.494 e. The van der Waals surface area contributed by atoms with Gasteiger partial charge in [-0.3, -0.25) is 19.0 Å². The van der Waals surface area contributed by atoms with Crippen LogP contribution in [0.3, 0.4) is 0 Å². The molecule has 1 fully saturated rings. The van der Waals surface area contributed by atoms with E-state index in [0.29, 0.717) is 32.6 Å². The van der Waals surface area contributed by atoms with Gasteiger partial charge in [0.05, 0.1) is 23.9 Å². The summed E-state index contributed by atoms with van der Waals surface area (Å²) in [5, 5.41) is 7.57. The number of pyridine rings is 1. The summed E-state index contributed by atoms with van der Waals surface area (Å²) in [6.45, 7) is 1.37. The van der Waals surface area contributed by atoms with E-state index in [2.05, 4.69) is 10.6 Å². The Kier molecular flexibility index (Phi) is 8.08. The van der Waals surface area contributed by atoms with Gasteiger partial charge in [-0.25, -0.2) is 0 Å². The lowest BCUT2D eigenvalue weighted by molar-refractivity contribution is 0.0946. The molecule has 1 aliphatic heterocycles. The summed E-state index contributed by atoms with van der Waals surface area (Å²) in [5.41, 5.74) is 0.845. The smallest absolute Gasteiger partial charge is 0.265 e. The van der Waals surface area contributed by atoms with Gasteiger partial charge in [-0.05, 0) is 25.5 Å². The van der Waals surface area contributed by atoms with Crippen LogP contribution in [0.15, 0.2) is 59.4 Å². The highest BCUT2D eigenvalue weighted by atomic mass is 35.5. The standard InChI is InChI=1S/C27H27N3O4S.ClH/c1-34-23-22-24(35-25(23)26(32)29-15-18-11-7-8-14-28-18)19-12-5-6-13-20(19)30(27(22)33)16-21(31)17-9-3-2-4-10-17;/h2-6,9-10,12-13,18,28H,7-8,11,14-16H2,1H3,(H,29,32);1H. The van der Waals surface area contributed by atoms with Crippen LogP contribution in [0.1, 0.15) is 39.3 Å². The molecule has 0 aliphatic carbocycles. The molecule has 0 bridgehead atoms. The molecule has 1 unspecified atom stereocenters. The van der Waals surface area contributed by atoms with E-state index in [-0.39, 0.29) is 48.0 Å². The number of fused-ring (bicyclic) bond motifs is 3. The van der Waals surface area contributed by atoms with Gasteiger partial charge in [-0.1, -0.05) is 55.0 Å². The van der Waals surface area contributed by atoms with Gasteiger partial charge in [0.2, 0.25) is 0 Å². The summed E-state index contributed by atoms with van der Waals surface area (Å²) in [5.74, 6) is -0.161. The van der Waals surface area contributed by atoms with Crippen molar-refractivity contribution in [2.24, 2.45) is 0 Å². The Morgan fingerprint density at radius 3 is 2.58 bits per heavy atom. The summed E-state index contributed by atoms with van der Waals surface area (Å²) in [6.07, 6.45) is 3.32. The molecule has 0 spiro atoms. The maximum absolute atomic E-state index is 13.7. The Bertz CT molecular complexity index is 1460. The third kappa shape index (κ3) is 4.89. The monoisotopic (exact) mass is 525 g/mol. The van der Waals surface area contributed by atoms with Crippen LogP contribution >= 0.6 is 23.7 Å². The number of para-hydroxylation sites is 1. The quantitative estimate of drug-likeness (QED) is 0.349. The number of carbonyl (C=O) groups excluding carboxylic acids is 2. The Morgan fingerprint density at radius 1 is 1.11 bits per heavy atom. The van der Waals surface area contributed by atoms with Crippen molar-refractivity contribution in [1.29, 1.82) is 0 Å². The molecule has 4 aromatic rings. The van der Waals surface area contributed by atoms with Crippen molar-refractivity contribution in [3.8, 4) is 5.75 Å². The van der Waals surface area contributed by atoms with Crippen LogP contribution in [-0.4, -0.2) is 42.5 Å². The summed E-state index contributed by atoms with van der Waals surface area (Å²) < 4.78 is 7.79. The summed E-state index contributed by atoms with van der Waals surface area (Å²) >= 11 is 1.26. The number of hydrogen-bond donors (Lipinski definition) is 2. The second-order valence-electron chi connectivity index (χ2n) is 8.72. The lowest BCUT2D eigenvalue weighted by Crippen LogP contribution is -2.43. The van der Waals surface area contributed by atoms with Crippen LogP contribution < -0.4 is 20.9 Å². The Morgan fingerprint density at radius 2 is 1.86 bits per heavy atom. The molecule has 1 amide bonds. The molecular formula is C27H28ClN3O4S. The number of hydrogen-bond acceptors (Lipinski definition) is 6. The molecule has 2 N–H and O–H groups in total. The number of nitrogens with zero attached hydrogens (tertiary/aromatic N) is 1. The number of amides is 1. The zero-order valence-electron chi connectivity index (χ0n) is 19.9. The van der Waals surface area contributed by atoms with E-state index in [4.69, 9.17) is 4.74 Å². The number of halogens is 1. The molecule has 1 aliphatic rings. The van der Waals surface area contributed by atoms with Crippen molar-refractivity contribution in [2.75, 3.05) is 20.2 Å². The molecule has 36 heavy (non-hydrogen) atoms. The van der Waals surface area contributed by atoms with Gasteiger partial charge in [-0.15, -0.1) is 23.7 Å². The van der Waals surface area contributed by atoms with E-state index in [1.807, 2.05) is 30.3 Å². The van der Waals surface area contributed by atoms with E-state index in [0.717, 1.165) is 31.2 Å². The molecule has 5 rings (SSSR count). The molecule has 2 aromatic heterocycles. The molecule has 2 aromatic carbocycles. The first kappa shape index (κ1) is 25.9. The fourth-order valence-electron chi connectivity index (χ4n) is 4.70. The number of ketones is 1. The molecule has 0 radical (unpaired) electrons.